The molecule has 0 unspecified atom stereocenters. The van der Waals surface area contributed by atoms with Gasteiger partial charge in [-0.05, 0) is 18.2 Å². The minimum Gasteiger partial charge on any atom is -0.507 e. The van der Waals surface area contributed by atoms with Gasteiger partial charge in [-0.2, -0.15) is 0 Å². The van der Waals surface area contributed by atoms with E-state index in [1.54, 1.807) is 18.2 Å². The van der Waals surface area contributed by atoms with Crippen molar-refractivity contribution in [3.8, 4) is 5.75 Å². The Morgan fingerprint density at radius 3 is 2.64 bits per heavy atom. The summed E-state index contributed by atoms with van der Waals surface area (Å²) in [7, 11) is -1.65. The lowest BCUT2D eigenvalue weighted by Gasteiger charge is -1.94. The summed E-state index contributed by atoms with van der Waals surface area (Å²) in [5.41, 5.74) is 0. The van der Waals surface area contributed by atoms with Gasteiger partial charge in [0.15, 0.2) is 0 Å². The largest absolute Gasteiger partial charge is 0.507 e. The number of halogens is 1. The van der Waals surface area contributed by atoms with Crippen LogP contribution in [0.4, 0.5) is 0 Å². The summed E-state index contributed by atoms with van der Waals surface area (Å²) in [4.78, 5) is 0. The number of aromatic hydroxyl groups is 1. The lowest BCUT2D eigenvalue weighted by molar-refractivity contribution is 0.422. The van der Waals surface area contributed by atoms with Crippen molar-refractivity contribution in [3.05, 3.63) is 23.2 Å². The van der Waals surface area contributed by atoms with Crippen LogP contribution in [-0.2, 0) is 0 Å². The molecular weight excluding hydrogens is 222 g/mol. The highest BCUT2D eigenvalue weighted by molar-refractivity contribution is 7.28. The van der Waals surface area contributed by atoms with E-state index in [9.17, 15) is 5.11 Å². The monoisotopic (exact) mass is 228 g/mol. The van der Waals surface area contributed by atoms with E-state index in [1.165, 1.54) is 0 Å². The third-order valence-corrected chi connectivity index (χ3v) is 3.32. The van der Waals surface area contributed by atoms with Crippen LogP contribution in [0.5, 0.6) is 5.75 Å². The highest BCUT2D eigenvalue weighted by Crippen LogP contribution is 2.31. The van der Waals surface area contributed by atoms with Crippen LogP contribution in [0.3, 0.4) is 0 Å². The molecule has 6 heteroatoms. The predicted octanol–water partition coefficient (Wildman–Crippen LogP) is 0.940. The first-order valence-corrected chi connectivity index (χ1v) is 5.06. The van der Waals surface area contributed by atoms with E-state index in [-0.39, 0.29) is 10.5 Å². The lowest BCUT2D eigenvalue weighted by atomic mass is 9.88. The Balaban J connectivity index is 2.74. The molecule has 3 nitrogen and oxygen atoms in total. The number of rotatable bonds is 1. The van der Waals surface area contributed by atoms with E-state index in [4.69, 9.17) is 21.6 Å². The third-order valence-electron chi connectivity index (χ3n) is 1.88. The van der Waals surface area contributed by atoms with Crippen molar-refractivity contribution in [3.63, 3.8) is 0 Å². The van der Waals surface area contributed by atoms with Crippen molar-refractivity contribution < 1.29 is 15.2 Å². The van der Waals surface area contributed by atoms with Crippen LogP contribution in [0.15, 0.2) is 18.2 Å². The van der Waals surface area contributed by atoms with E-state index in [0.717, 1.165) is 16.0 Å². The smallest absolute Gasteiger partial charge is 0.502 e. The zero-order valence-corrected chi connectivity index (χ0v) is 8.51. The van der Waals surface area contributed by atoms with Gasteiger partial charge in [-0.3, -0.25) is 0 Å². The molecule has 0 spiro atoms. The van der Waals surface area contributed by atoms with Gasteiger partial charge in [0.05, 0.1) is 4.78 Å². The summed E-state index contributed by atoms with van der Waals surface area (Å²) in [6.07, 6.45) is 0. The van der Waals surface area contributed by atoms with E-state index in [1.807, 2.05) is 0 Å². The van der Waals surface area contributed by atoms with Gasteiger partial charge in [0.25, 0.3) is 0 Å². The van der Waals surface area contributed by atoms with E-state index in [2.05, 4.69) is 0 Å². The SMILES string of the molecule is OB(O)c1sc2ccc(Cl)cc2c1O. The summed E-state index contributed by atoms with van der Waals surface area (Å²) in [5.74, 6) is -0.109. The molecule has 0 aliphatic rings. The van der Waals surface area contributed by atoms with Crippen molar-refractivity contribution in [2.45, 2.75) is 0 Å². The second-order valence-electron chi connectivity index (χ2n) is 2.83. The van der Waals surface area contributed by atoms with Gasteiger partial charge in [-0.1, -0.05) is 11.6 Å². The first-order chi connectivity index (χ1) is 6.59. The van der Waals surface area contributed by atoms with Crippen molar-refractivity contribution in [1.29, 1.82) is 0 Å². The molecule has 2 rings (SSSR count). The number of thiophene rings is 1. The Hall–Kier alpha value is -0.745. The quantitative estimate of drug-likeness (QED) is 0.637. The Morgan fingerprint density at radius 1 is 1.29 bits per heavy atom. The number of hydrogen-bond donors (Lipinski definition) is 3. The summed E-state index contributed by atoms with van der Waals surface area (Å²) in [6, 6.07) is 5.01. The molecule has 0 bridgehead atoms. The van der Waals surface area contributed by atoms with Crippen molar-refractivity contribution in [1.82, 2.24) is 0 Å². The van der Waals surface area contributed by atoms with E-state index >= 15 is 0 Å². The molecule has 1 aromatic heterocycles. The molecule has 0 saturated carbocycles. The Kier molecular flexibility index (Phi) is 2.40. The molecule has 14 heavy (non-hydrogen) atoms. The van der Waals surface area contributed by atoms with Gasteiger partial charge in [0.1, 0.15) is 5.75 Å². The highest BCUT2D eigenvalue weighted by atomic mass is 35.5. The fourth-order valence-electron chi connectivity index (χ4n) is 1.25. The average Bonchev–Trinajstić information content (AvgIpc) is 2.44. The van der Waals surface area contributed by atoms with Gasteiger partial charge in [0, 0.05) is 15.1 Å². The molecule has 2 aromatic rings. The van der Waals surface area contributed by atoms with Crippen molar-refractivity contribution in [2.75, 3.05) is 0 Å². The molecule has 0 fully saturated rings. The molecule has 0 aliphatic heterocycles. The lowest BCUT2D eigenvalue weighted by Crippen LogP contribution is -2.26. The molecule has 72 valence electrons. The average molecular weight is 228 g/mol. The summed E-state index contributed by atoms with van der Waals surface area (Å²) < 4.78 is 0.914. The third kappa shape index (κ3) is 1.48. The minimum absolute atomic E-state index is 0.109. The molecule has 0 saturated heterocycles. The topological polar surface area (TPSA) is 60.7 Å². The minimum atomic E-state index is -1.65. The van der Waals surface area contributed by atoms with Crippen LogP contribution in [0, 0.1) is 0 Å². The number of benzene rings is 1. The van der Waals surface area contributed by atoms with Gasteiger partial charge in [-0.15, -0.1) is 11.3 Å². The first-order valence-electron chi connectivity index (χ1n) is 3.86. The van der Waals surface area contributed by atoms with Crippen molar-refractivity contribution >= 4 is 44.9 Å². The van der Waals surface area contributed by atoms with Crippen LogP contribution in [0.2, 0.25) is 5.02 Å². The van der Waals surface area contributed by atoms with Gasteiger partial charge < -0.3 is 15.2 Å². The van der Waals surface area contributed by atoms with Crippen LogP contribution in [0.25, 0.3) is 10.1 Å². The van der Waals surface area contributed by atoms with Gasteiger partial charge in [-0.25, -0.2) is 0 Å². The summed E-state index contributed by atoms with van der Waals surface area (Å²) in [6.45, 7) is 0. The Labute approximate surface area is 89.3 Å². The predicted molar refractivity (Wildman–Crippen MR) is 58.3 cm³/mol. The van der Waals surface area contributed by atoms with Gasteiger partial charge >= 0.3 is 7.12 Å². The van der Waals surface area contributed by atoms with Crippen LogP contribution < -0.4 is 4.78 Å². The zero-order chi connectivity index (χ0) is 10.3. The Bertz CT molecular complexity index is 483. The fourth-order valence-corrected chi connectivity index (χ4v) is 2.37. The van der Waals surface area contributed by atoms with Crippen molar-refractivity contribution in [2.24, 2.45) is 0 Å². The number of hydrogen-bond acceptors (Lipinski definition) is 4. The summed E-state index contributed by atoms with van der Waals surface area (Å²) >= 11 is 6.88. The molecule has 3 N–H and O–H groups in total. The molecule has 0 radical (unpaired) electrons. The van der Waals surface area contributed by atoms with Crippen LogP contribution >= 0.6 is 22.9 Å². The van der Waals surface area contributed by atoms with Crippen LogP contribution in [-0.4, -0.2) is 22.3 Å². The normalized spacial score (nSPS) is 10.8. The standard InChI is InChI=1S/C8H6BClO3S/c10-4-1-2-6-5(3-4)7(11)8(14-6)9(12)13/h1-3,11-13H. The highest BCUT2D eigenvalue weighted by Gasteiger charge is 2.21. The number of fused-ring (bicyclic) bond motifs is 1. The molecular formula is C8H6BClO3S. The maximum absolute atomic E-state index is 9.62. The van der Waals surface area contributed by atoms with Crippen LogP contribution in [0.1, 0.15) is 0 Å². The van der Waals surface area contributed by atoms with Gasteiger partial charge in [0.2, 0.25) is 0 Å². The fraction of sp³-hybridized carbons (Fsp3) is 0. The second-order valence-corrected chi connectivity index (χ2v) is 4.35. The maximum atomic E-state index is 9.62. The second kappa shape index (κ2) is 3.44. The zero-order valence-electron chi connectivity index (χ0n) is 6.94. The summed E-state index contributed by atoms with van der Waals surface area (Å²) in [5, 5.41) is 28.6. The molecule has 0 amide bonds. The maximum Gasteiger partial charge on any atom is 0.502 e. The first kappa shape index (κ1) is 9.80. The molecule has 0 aliphatic carbocycles. The Morgan fingerprint density at radius 2 is 2.00 bits per heavy atom. The molecule has 0 atom stereocenters. The molecule has 1 aromatic carbocycles. The van der Waals surface area contributed by atoms with E-state index < -0.39 is 7.12 Å². The molecule has 1 heterocycles. The van der Waals surface area contributed by atoms with E-state index in [0.29, 0.717) is 10.4 Å².